The lowest BCUT2D eigenvalue weighted by molar-refractivity contribution is 0.112. The van der Waals surface area contributed by atoms with E-state index < -0.39 is 0 Å². The highest BCUT2D eigenvalue weighted by Gasteiger charge is 2.14. The molecule has 5 nitrogen and oxygen atoms in total. The zero-order valence-electron chi connectivity index (χ0n) is 11.8. The van der Waals surface area contributed by atoms with Gasteiger partial charge in [0.1, 0.15) is 5.82 Å². The molecule has 0 N–H and O–H groups in total. The van der Waals surface area contributed by atoms with Crippen molar-refractivity contribution in [2.24, 2.45) is 0 Å². The molecule has 0 amide bonds. The van der Waals surface area contributed by atoms with Gasteiger partial charge in [-0.25, -0.2) is 4.98 Å². The van der Waals surface area contributed by atoms with Gasteiger partial charge < -0.3 is 14.2 Å². The topological polar surface area (TPSA) is 40.8 Å². The Morgan fingerprint density at radius 3 is 2.85 bits per heavy atom. The van der Waals surface area contributed by atoms with Crippen molar-refractivity contribution in [1.82, 2.24) is 19.2 Å². The number of aromatic nitrogens is 2. The standard InChI is InChI=1S/C15H20N4O/c1-17-7-9-18(10-8-17)6-4-15-16-11-14-13(12-20)3-2-5-19(14)15/h2-3,5,11-12H,4,6-10H2,1H3. The van der Waals surface area contributed by atoms with E-state index in [0.717, 1.165) is 56.8 Å². The summed E-state index contributed by atoms with van der Waals surface area (Å²) in [6.45, 7) is 5.55. The van der Waals surface area contributed by atoms with Gasteiger partial charge >= 0.3 is 0 Å². The third-order valence-electron chi connectivity index (χ3n) is 4.05. The molecule has 2 aromatic rings. The number of imidazole rings is 1. The molecular weight excluding hydrogens is 252 g/mol. The van der Waals surface area contributed by atoms with Crippen LogP contribution in [0.4, 0.5) is 0 Å². The number of pyridine rings is 1. The monoisotopic (exact) mass is 272 g/mol. The van der Waals surface area contributed by atoms with Crippen LogP contribution in [0.3, 0.4) is 0 Å². The molecule has 20 heavy (non-hydrogen) atoms. The zero-order chi connectivity index (χ0) is 13.9. The number of carbonyl (C=O) groups is 1. The molecule has 5 heteroatoms. The number of aldehydes is 1. The van der Waals surface area contributed by atoms with E-state index in [9.17, 15) is 4.79 Å². The molecular formula is C15H20N4O. The highest BCUT2D eigenvalue weighted by molar-refractivity contribution is 5.85. The number of hydrogen-bond acceptors (Lipinski definition) is 4. The molecule has 0 saturated carbocycles. The van der Waals surface area contributed by atoms with Crippen LogP contribution in [0.2, 0.25) is 0 Å². The van der Waals surface area contributed by atoms with Crippen LogP contribution in [0.15, 0.2) is 24.5 Å². The quantitative estimate of drug-likeness (QED) is 0.777. The number of hydrogen-bond donors (Lipinski definition) is 0. The Kier molecular flexibility index (Phi) is 3.80. The van der Waals surface area contributed by atoms with E-state index in [4.69, 9.17) is 0 Å². The molecule has 0 radical (unpaired) electrons. The Morgan fingerprint density at radius 2 is 2.10 bits per heavy atom. The Bertz CT molecular complexity index is 599. The van der Waals surface area contributed by atoms with Gasteiger partial charge in [-0.1, -0.05) is 0 Å². The molecule has 0 spiro atoms. The Labute approximate surface area is 118 Å². The highest BCUT2D eigenvalue weighted by Crippen LogP contribution is 2.12. The average Bonchev–Trinajstić information content (AvgIpc) is 2.90. The minimum absolute atomic E-state index is 0.700. The van der Waals surface area contributed by atoms with Gasteiger partial charge in [0.2, 0.25) is 0 Å². The number of carbonyl (C=O) groups excluding carboxylic acids is 1. The molecule has 106 valence electrons. The largest absolute Gasteiger partial charge is 0.304 e. The molecule has 0 aromatic carbocycles. The first-order valence-corrected chi connectivity index (χ1v) is 7.09. The van der Waals surface area contributed by atoms with E-state index in [1.807, 2.05) is 22.7 Å². The lowest BCUT2D eigenvalue weighted by atomic mass is 10.2. The molecule has 0 atom stereocenters. The lowest BCUT2D eigenvalue weighted by Crippen LogP contribution is -2.45. The van der Waals surface area contributed by atoms with E-state index in [2.05, 4.69) is 21.8 Å². The second-order valence-electron chi connectivity index (χ2n) is 5.41. The van der Waals surface area contributed by atoms with Gasteiger partial charge in [-0.2, -0.15) is 0 Å². The number of piperazine rings is 1. The Balaban J connectivity index is 1.70. The fourth-order valence-electron chi connectivity index (χ4n) is 2.71. The SMILES string of the molecule is CN1CCN(CCc2ncc3c(C=O)cccn23)CC1. The van der Waals surface area contributed by atoms with Crippen LogP contribution in [-0.4, -0.2) is 65.2 Å². The minimum Gasteiger partial charge on any atom is -0.304 e. The summed E-state index contributed by atoms with van der Waals surface area (Å²) < 4.78 is 2.03. The summed E-state index contributed by atoms with van der Waals surface area (Å²) in [5, 5.41) is 0. The summed E-state index contributed by atoms with van der Waals surface area (Å²) in [5.74, 6) is 1.03. The molecule has 1 aliphatic heterocycles. The lowest BCUT2D eigenvalue weighted by Gasteiger charge is -2.32. The van der Waals surface area contributed by atoms with E-state index in [1.54, 1.807) is 6.20 Å². The Morgan fingerprint density at radius 1 is 1.30 bits per heavy atom. The van der Waals surface area contributed by atoms with Crippen molar-refractivity contribution in [3.05, 3.63) is 35.9 Å². The smallest absolute Gasteiger partial charge is 0.152 e. The van der Waals surface area contributed by atoms with E-state index in [0.29, 0.717) is 5.56 Å². The third kappa shape index (κ3) is 2.59. The molecule has 0 unspecified atom stereocenters. The van der Waals surface area contributed by atoms with Crippen molar-refractivity contribution in [1.29, 1.82) is 0 Å². The highest BCUT2D eigenvalue weighted by atomic mass is 16.1. The summed E-state index contributed by atoms with van der Waals surface area (Å²) in [6, 6.07) is 3.73. The van der Waals surface area contributed by atoms with Crippen molar-refractivity contribution >= 4 is 11.8 Å². The van der Waals surface area contributed by atoms with E-state index >= 15 is 0 Å². The number of likely N-dealkylation sites (N-methyl/N-ethyl adjacent to an activating group) is 1. The molecule has 1 fully saturated rings. The fraction of sp³-hybridized carbons (Fsp3) is 0.467. The molecule has 1 aliphatic rings. The minimum atomic E-state index is 0.700. The van der Waals surface area contributed by atoms with Crippen LogP contribution >= 0.6 is 0 Å². The molecule has 2 aromatic heterocycles. The molecule has 0 aliphatic carbocycles. The summed E-state index contributed by atoms with van der Waals surface area (Å²) in [4.78, 5) is 20.3. The number of fused-ring (bicyclic) bond motifs is 1. The van der Waals surface area contributed by atoms with Gasteiger partial charge in [0.05, 0.1) is 11.7 Å². The zero-order valence-corrected chi connectivity index (χ0v) is 11.8. The fourth-order valence-corrected chi connectivity index (χ4v) is 2.71. The summed E-state index contributed by atoms with van der Waals surface area (Å²) in [7, 11) is 2.17. The van der Waals surface area contributed by atoms with Crippen molar-refractivity contribution in [3.8, 4) is 0 Å². The summed E-state index contributed by atoms with van der Waals surface area (Å²) in [6.07, 6.45) is 5.58. The second-order valence-corrected chi connectivity index (χ2v) is 5.41. The number of rotatable bonds is 4. The van der Waals surface area contributed by atoms with Gasteiger partial charge in [-0.05, 0) is 19.2 Å². The first-order valence-electron chi connectivity index (χ1n) is 7.09. The second kappa shape index (κ2) is 5.73. The maximum atomic E-state index is 11.0. The predicted molar refractivity (Wildman–Crippen MR) is 78.2 cm³/mol. The first kappa shape index (κ1) is 13.3. The third-order valence-corrected chi connectivity index (χ3v) is 4.05. The van der Waals surface area contributed by atoms with Crippen LogP contribution in [0.25, 0.3) is 5.52 Å². The van der Waals surface area contributed by atoms with Crippen molar-refractivity contribution in [2.75, 3.05) is 39.8 Å². The number of nitrogens with zero attached hydrogens (tertiary/aromatic N) is 4. The normalized spacial score (nSPS) is 17.6. The maximum Gasteiger partial charge on any atom is 0.152 e. The van der Waals surface area contributed by atoms with Crippen molar-refractivity contribution in [2.45, 2.75) is 6.42 Å². The van der Waals surface area contributed by atoms with Gasteiger partial charge in [-0.15, -0.1) is 0 Å². The first-order chi connectivity index (χ1) is 9.78. The Hall–Kier alpha value is -1.72. The van der Waals surface area contributed by atoms with Crippen LogP contribution in [0.5, 0.6) is 0 Å². The molecule has 0 bridgehead atoms. The average molecular weight is 272 g/mol. The van der Waals surface area contributed by atoms with Crippen LogP contribution in [-0.2, 0) is 6.42 Å². The maximum absolute atomic E-state index is 11.0. The molecule has 1 saturated heterocycles. The predicted octanol–water partition coefficient (Wildman–Crippen LogP) is 0.937. The van der Waals surface area contributed by atoms with Crippen LogP contribution in [0.1, 0.15) is 16.2 Å². The van der Waals surface area contributed by atoms with Crippen molar-refractivity contribution < 1.29 is 4.79 Å². The van der Waals surface area contributed by atoms with Gasteiger partial charge in [-0.3, -0.25) is 4.79 Å². The van der Waals surface area contributed by atoms with Crippen LogP contribution < -0.4 is 0 Å². The summed E-state index contributed by atoms with van der Waals surface area (Å²) in [5.41, 5.74) is 1.60. The van der Waals surface area contributed by atoms with Crippen molar-refractivity contribution in [3.63, 3.8) is 0 Å². The van der Waals surface area contributed by atoms with Gasteiger partial charge in [0, 0.05) is 50.9 Å². The van der Waals surface area contributed by atoms with Gasteiger partial charge in [0.15, 0.2) is 6.29 Å². The molecule has 3 heterocycles. The van der Waals surface area contributed by atoms with E-state index in [1.165, 1.54) is 0 Å². The molecule has 3 rings (SSSR count). The summed E-state index contributed by atoms with van der Waals surface area (Å²) >= 11 is 0. The van der Waals surface area contributed by atoms with E-state index in [-0.39, 0.29) is 0 Å². The van der Waals surface area contributed by atoms with Crippen LogP contribution in [0, 0.1) is 0 Å². The van der Waals surface area contributed by atoms with Gasteiger partial charge in [0.25, 0.3) is 0 Å².